The molecule has 0 amide bonds. The Morgan fingerprint density at radius 2 is 2.91 bits per heavy atom. The van der Waals surface area contributed by atoms with E-state index in [0.717, 1.165) is 6.07 Å². The van der Waals surface area contributed by atoms with Gasteiger partial charge in [0, 0.05) is 28.7 Å². The van der Waals surface area contributed by atoms with Crippen molar-refractivity contribution < 1.29 is 12.3 Å². The van der Waals surface area contributed by atoms with Gasteiger partial charge in [-0.3, -0.25) is 4.98 Å². The van der Waals surface area contributed by atoms with E-state index < -0.39 is 31.7 Å². The highest BCUT2D eigenvalue weighted by atomic mass is 79.9. The predicted molar refractivity (Wildman–Crippen MR) is 50.6 cm³/mol. The zero-order valence-corrected chi connectivity index (χ0v) is 7.14. The Balaban J connectivity index is 3.63. The fourth-order valence-corrected chi connectivity index (χ4v) is 0.941. The molecule has 1 rings (SSSR count). The monoisotopic (exact) mass is 222 g/mol. The summed E-state index contributed by atoms with van der Waals surface area (Å²) in [7, 11) is 0. The minimum atomic E-state index is -3.31. The molecule has 0 saturated heterocycles. The lowest BCUT2D eigenvalue weighted by atomic mass is 10.1. The molecule has 1 unspecified atom stereocenters. The van der Waals surface area contributed by atoms with Gasteiger partial charge in [0.05, 0.1) is 0 Å². The number of aromatic nitrogens is 1. The second kappa shape index (κ2) is 3.86. The van der Waals surface area contributed by atoms with Crippen LogP contribution in [0, 0.1) is 0 Å². The van der Waals surface area contributed by atoms with Crippen LogP contribution >= 0.6 is 15.9 Å². The van der Waals surface area contributed by atoms with Crippen molar-refractivity contribution in [3.8, 4) is 0 Å². The number of rotatable bonds is 2. The Morgan fingerprint density at radius 1 is 2.00 bits per heavy atom. The molecule has 2 heteroatoms. The van der Waals surface area contributed by atoms with Crippen molar-refractivity contribution in [1.29, 1.82) is 0 Å². The van der Waals surface area contributed by atoms with Gasteiger partial charge >= 0.3 is 0 Å². The van der Waals surface area contributed by atoms with Gasteiger partial charge in [-0.2, -0.15) is 0 Å². The SMILES string of the molecule is [2H]C([2H])([2H])C([2H])([2H])C([2H])(c1cc(Br)ccn1)C([2H])([2H])[2H]. The Hall–Kier alpha value is -0.370. The third kappa shape index (κ3) is 2.29. The van der Waals surface area contributed by atoms with E-state index >= 15 is 0 Å². The lowest BCUT2D eigenvalue weighted by Crippen LogP contribution is -1.93. The molecular weight excluding hydrogens is 202 g/mol. The smallest absolute Gasteiger partial charge is 0.0442 e. The minimum absolute atomic E-state index is 0.379. The first-order valence-corrected chi connectivity index (χ1v) is 3.66. The van der Waals surface area contributed by atoms with Gasteiger partial charge in [0.2, 0.25) is 0 Å². The zero-order valence-electron chi connectivity index (χ0n) is 14.6. The summed E-state index contributed by atoms with van der Waals surface area (Å²) in [6, 6.07) is 2.61. The molecule has 1 atom stereocenters. The summed E-state index contributed by atoms with van der Waals surface area (Å²) in [5.74, 6) is -3.02. The molecule has 11 heavy (non-hydrogen) atoms. The van der Waals surface area contributed by atoms with Crippen molar-refractivity contribution in [3.05, 3.63) is 28.5 Å². The first-order valence-electron chi connectivity index (χ1n) is 7.37. The molecule has 1 aromatic rings. The fourth-order valence-electron chi connectivity index (χ4n) is 0.606. The van der Waals surface area contributed by atoms with Crippen LogP contribution in [-0.4, -0.2) is 4.98 Å². The quantitative estimate of drug-likeness (QED) is 0.749. The Labute approximate surface area is 88.6 Å². The van der Waals surface area contributed by atoms with Crippen LogP contribution in [0.25, 0.3) is 0 Å². The van der Waals surface area contributed by atoms with Gasteiger partial charge in [0.15, 0.2) is 0 Å². The van der Waals surface area contributed by atoms with Crippen LogP contribution in [0.15, 0.2) is 22.8 Å². The zero-order chi connectivity index (χ0) is 16.0. The van der Waals surface area contributed by atoms with Gasteiger partial charge in [-0.05, 0) is 24.4 Å². The van der Waals surface area contributed by atoms with Crippen LogP contribution in [0.1, 0.15) is 44.0 Å². The summed E-state index contributed by atoms with van der Waals surface area (Å²) >= 11 is 3.07. The van der Waals surface area contributed by atoms with Gasteiger partial charge in [-0.1, -0.05) is 29.6 Å². The van der Waals surface area contributed by atoms with Crippen molar-refractivity contribution >= 4 is 15.9 Å². The van der Waals surface area contributed by atoms with E-state index in [4.69, 9.17) is 12.3 Å². The van der Waals surface area contributed by atoms with Gasteiger partial charge in [0.25, 0.3) is 0 Å². The van der Waals surface area contributed by atoms with Crippen LogP contribution in [-0.2, 0) is 0 Å². The summed E-state index contributed by atoms with van der Waals surface area (Å²) in [5, 5.41) is 0. The molecular formula is C9H12BrN. The van der Waals surface area contributed by atoms with Gasteiger partial charge in [-0.25, -0.2) is 0 Å². The highest BCUT2D eigenvalue weighted by Crippen LogP contribution is 2.19. The highest BCUT2D eigenvalue weighted by molar-refractivity contribution is 9.10. The number of hydrogen-bond donors (Lipinski definition) is 0. The molecule has 0 aliphatic carbocycles. The topological polar surface area (TPSA) is 12.9 Å². The van der Waals surface area contributed by atoms with Gasteiger partial charge in [-0.15, -0.1) is 0 Å². The van der Waals surface area contributed by atoms with E-state index in [1.165, 1.54) is 12.3 Å². The second-order valence-corrected chi connectivity index (χ2v) is 2.77. The second-order valence-electron chi connectivity index (χ2n) is 1.86. The van der Waals surface area contributed by atoms with Crippen molar-refractivity contribution in [2.24, 2.45) is 0 Å². The summed E-state index contributed by atoms with van der Waals surface area (Å²) in [5.41, 5.74) is -0.465. The van der Waals surface area contributed by atoms with E-state index in [9.17, 15) is 0 Å². The molecule has 1 aromatic heterocycles. The standard InChI is InChI=1S/C9H12BrN/c1-3-7(2)9-6-8(10)4-5-11-9/h4-7H,3H2,1-2H3/i1D3,2D3,3D2,7D. The molecule has 0 aliphatic rings. The first kappa shape index (κ1) is 2.56. The summed E-state index contributed by atoms with van der Waals surface area (Å²) in [6.45, 7) is -6.49. The third-order valence-corrected chi connectivity index (χ3v) is 1.60. The molecule has 0 N–H and O–H groups in total. The third-order valence-electron chi connectivity index (χ3n) is 1.10. The molecule has 1 nitrogen and oxygen atoms in total. The van der Waals surface area contributed by atoms with Crippen molar-refractivity contribution in [1.82, 2.24) is 4.98 Å². The van der Waals surface area contributed by atoms with E-state index in [2.05, 4.69) is 20.9 Å². The number of hydrogen-bond acceptors (Lipinski definition) is 1. The van der Waals surface area contributed by atoms with Crippen LogP contribution in [0.4, 0.5) is 0 Å². The highest BCUT2D eigenvalue weighted by Gasteiger charge is 2.03. The molecule has 0 aromatic carbocycles. The fraction of sp³-hybridized carbons (Fsp3) is 0.444. The number of halogens is 1. The lowest BCUT2D eigenvalue weighted by Gasteiger charge is -2.06. The van der Waals surface area contributed by atoms with Crippen molar-refractivity contribution in [2.75, 3.05) is 0 Å². The largest absolute Gasteiger partial charge is 0.261 e. The minimum Gasteiger partial charge on any atom is -0.261 e. The Kier molecular flexibility index (Phi) is 0.898. The summed E-state index contributed by atoms with van der Waals surface area (Å²) < 4.78 is 67.8. The molecule has 1 heterocycles. The Bertz CT molecular complexity index is 495. The first-order chi connectivity index (χ1) is 8.75. The summed E-state index contributed by atoms with van der Waals surface area (Å²) in [6.07, 6.45) is -2.12. The maximum Gasteiger partial charge on any atom is 0.0442 e. The maximum atomic E-state index is 8.09. The van der Waals surface area contributed by atoms with Gasteiger partial charge in [0.1, 0.15) is 0 Å². The van der Waals surface area contributed by atoms with Crippen LogP contribution in [0.3, 0.4) is 0 Å². The van der Waals surface area contributed by atoms with E-state index in [1.807, 2.05) is 0 Å². The van der Waals surface area contributed by atoms with Crippen LogP contribution in [0.2, 0.25) is 0 Å². The normalized spacial score (nSPS) is 31.5. The Morgan fingerprint density at radius 3 is 3.55 bits per heavy atom. The molecule has 60 valence electrons. The predicted octanol–water partition coefficient (Wildman–Crippen LogP) is 3.36. The maximum absolute atomic E-state index is 8.09. The van der Waals surface area contributed by atoms with E-state index in [-0.39, 0.29) is 0 Å². The number of nitrogens with zero attached hydrogens (tertiary/aromatic N) is 1. The molecule has 0 aliphatic heterocycles. The number of pyridine rings is 1. The molecule has 0 saturated carbocycles. The van der Waals surface area contributed by atoms with E-state index in [0.29, 0.717) is 4.47 Å². The molecule has 0 fully saturated rings. The van der Waals surface area contributed by atoms with Crippen molar-refractivity contribution in [3.63, 3.8) is 0 Å². The van der Waals surface area contributed by atoms with Crippen LogP contribution in [0.5, 0.6) is 0 Å². The lowest BCUT2D eigenvalue weighted by molar-refractivity contribution is 0.707. The van der Waals surface area contributed by atoms with E-state index in [1.54, 1.807) is 0 Å². The summed E-state index contributed by atoms with van der Waals surface area (Å²) in [4.78, 5) is 3.69. The van der Waals surface area contributed by atoms with Crippen LogP contribution < -0.4 is 0 Å². The van der Waals surface area contributed by atoms with Gasteiger partial charge < -0.3 is 0 Å². The molecule has 0 radical (unpaired) electrons. The average molecular weight is 223 g/mol. The van der Waals surface area contributed by atoms with Crippen molar-refractivity contribution in [2.45, 2.75) is 26.0 Å². The average Bonchev–Trinajstić information content (AvgIpc) is 2.24. The molecule has 0 bridgehead atoms. The molecule has 0 spiro atoms.